The molecule has 0 unspecified atom stereocenters. The molecule has 0 aromatic heterocycles. The summed E-state index contributed by atoms with van der Waals surface area (Å²) < 4.78 is 0.624. The molecular formula is C15H16N2OS2. The van der Waals surface area contributed by atoms with Gasteiger partial charge in [0.1, 0.15) is 4.32 Å². The van der Waals surface area contributed by atoms with Crippen molar-refractivity contribution in [2.45, 2.75) is 12.8 Å². The van der Waals surface area contributed by atoms with Crippen LogP contribution in [0.3, 0.4) is 0 Å². The van der Waals surface area contributed by atoms with E-state index in [1.54, 1.807) is 7.05 Å². The number of hydrogen-bond donors (Lipinski definition) is 0. The molecule has 0 saturated carbocycles. The molecule has 20 heavy (non-hydrogen) atoms. The lowest BCUT2D eigenvalue weighted by atomic mass is 9.99. The molecule has 2 aliphatic heterocycles. The first-order valence-corrected chi connectivity index (χ1v) is 7.84. The molecule has 2 heterocycles. The Hall–Kier alpha value is -1.33. The first kappa shape index (κ1) is 13.6. The van der Waals surface area contributed by atoms with Gasteiger partial charge in [-0.05, 0) is 42.2 Å². The minimum atomic E-state index is -0.00478. The number of amides is 1. The molecule has 1 amide bonds. The summed E-state index contributed by atoms with van der Waals surface area (Å²) in [5.74, 6) is -0.00478. The van der Waals surface area contributed by atoms with Crippen LogP contribution in [0.2, 0.25) is 0 Å². The third kappa shape index (κ3) is 2.36. The Morgan fingerprint density at radius 3 is 2.85 bits per heavy atom. The summed E-state index contributed by atoms with van der Waals surface area (Å²) in [5, 5.41) is 0. The summed E-state index contributed by atoms with van der Waals surface area (Å²) in [6.07, 6.45) is 4.23. The second-order valence-corrected chi connectivity index (χ2v) is 6.83. The highest BCUT2D eigenvalue weighted by Gasteiger charge is 2.28. The fraction of sp³-hybridized carbons (Fsp3) is 0.333. The van der Waals surface area contributed by atoms with Crippen LogP contribution in [0.5, 0.6) is 0 Å². The molecule has 0 radical (unpaired) electrons. The van der Waals surface area contributed by atoms with E-state index in [-0.39, 0.29) is 5.91 Å². The number of likely N-dealkylation sites (N-methyl/N-ethyl adjacent to an activating group) is 1. The fourth-order valence-corrected chi connectivity index (χ4v) is 3.77. The molecule has 104 valence electrons. The Balaban J connectivity index is 1.93. The molecule has 5 heteroatoms. The van der Waals surface area contributed by atoms with E-state index >= 15 is 0 Å². The highest BCUT2D eigenvalue weighted by molar-refractivity contribution is 8.26. The number of carbonyl (C=O) groups excluding carboxylic acids is 1. The lowest BCUT2D eigenvalue weighted by Crippen LogP contribution is -2.24. The minimum Gasteiger partial charge on any atom is -0.374 e. The van der Waals surface area contributed by atoms with Crippen LogP contribution in [0.15, 0.2) is 23.1 Å². The van der Waals surface area contributed by atoms with E-state index in [0.29, 0.717) is 9.23 Å². The standard InChI is InChI=1S/C15H16N2OS2/c1-16-7-3-4-11-8-10(5-6-12(11)16)9-13-14(18)17(2)15(19)20-13/h5-6,8-9H,3-4,7H2,1-2H3. The van der Waals surface area contributed by atoms with Gasteiger partial charge in [-0.3, -0.25) is 9.69 Å². The van der Waals surface area contributed by atoms with Gasteiger partial charge in [0.25, 0.3) is 5.91 Å². The van der Waals surface area contributed by atoms with Crippen LogP contribution in [0.4, 0.5) is 5.69 Å². The zero-order chi connectivity index (χ0) is 14.3. The number of anilines is 1. The number of benzene rings is 1. The van der Waals surface area contributed by atoms with Gasteiger partial charge in [-0.15, -0.1) is 0 Å². The number of fused-ring (bicyclic) bond motifs is 1. The van der Waals surface area contributed by atoms with Crippen LogP contribution in [0, 0.1) is 0 Å². The van der Waals surface area contributed by atoms with Gasteiger partial charge in [0, 0.05) is 26.3 Å². The maximum Gasteiger partial charge on any atom is 0.265 e. The summed E-state index contributed by atoms with van der Waals surface area (Å²) in [6, 6.07) is 6.41. The van der Waals surface area contributed by atoms with E-state index in [0.717, 1.165) is 18.5 Å². The maximum absolute atomic E-state index is 12.0. The Morgan fingerprint density at radius 1 is 1.35 bits per heavy atom. The van der Waals surface area contributed by atoms with Gasteiger partial charge in [-0.2, -0.15) is 0 Å². The molecule has 2 aliphatic rings. The lowest BCUT2D eigenvalue weighted by molar-refractivity contribution is -0.121. The van der Waals surface area contributed by atoms with Gasteiger partial charge < -0.3 is 4.90 Å². The average Bonchev–Trinajstić information content (AvgIpc) is 2.67. The molecule has 3 nitrogen and oxygen atoms in total. The van der Waals surface area contributed by atoms with Crippen molar-refractivity contribution in [3.05, 3.63) is 34.2 Å². The predicted molar refractivity (Wildman–Crippen MR) is 89.0 cm³/mol. The van der Waals surface area contributed by atoms with Crippen LogP contribution < -0.4 is 4.90 Å². The number of carbonyl (C=O) groups is 1. The van der Waals surface area contributed by atoms with Crippen LogP contribution >= 0.6 is 24.0 Å². The van der Waals surface area contributed by atoms with Crippen molar-refractivity contribution in [1.82, 2.24) is 4.90 Å². The van der Waals surface area contributed by atoms with Gasteiger partial charge in [0.2, 0.25) is 0 Å². The largest absolute Gasteiger partial charge is 0.374 e. The molecule has 0 atom stereocenters. The molecule has 1 aromatic rings. The molecule has 0 N–H and O–H groups in total. The van der Waals surface area contributed by atoms with E-state index in [4.69, 9.17) is 12.2 Å². The van der Waals surface area contributed by atoms with Crippen LogP contribution in [-0.2, 0) is 11.2 Å². The quantitative estimate of drug-likeness (QED) is 0.588. The SMILES string of the molecule is CN1C(=O)C(=Cc2ccc3c(c2)CCCN3C)SC1=S. The first-order valence-electron chi connectivity index (χ1n) is 6.62. The monoisotopic (exact) mass is 304 g/mol. The Morgan fingerprint density at radius 2 is 2.15 bits per heavy atom. The number of hydrogen-bond acceptors (Lipinski definition) is 4. The summed E-state index contributed by atoms with van der Waals surface area (Å²) in [6.45, 7) is 1.11. The molecule has 1 fully saturated rings. The fourth-order valence-electron chi connectivity index (χ4n) is 2.59. The molecule has 0 spiro atoms. The molecule has 3 rings (SSSR count). The Labute approximate surface area is 128 Å². The van der Waals surface area contributed by atoms with Crippen molar-refractivity contribution >= 4 is 46.0 Å². The summed E-state index contributed by atoms with van der Waals surface area (Å²) in [5.41, 5.74) is 3.74. The van der Waals surface area contributed by atoms with Gasteiger partial charge in [-0.1, -0.05) is 30.0 Å². The average molecular weight is 304 g/mol. The van der Waals surface area contributed by atoms with Crippen LogP contribution in [0.1, 0.15) is 17.5 Å². The normalized spacial score (nSPS) is 20.8. The highest BCUT2D eigenvalue weighted by Crippen LogP contribution is 2.33. The van der Waals surface area contributed by atoms with E-state index in [2.05, 4.69) is 30.1 Å². The van der Waals surface area contributed by atoms with E-state index in [1.165, 1.54) is 34.3 Å². The van der Waals surface area contributed by atoms with Crippen LogP contribution in [0.25, 0.3) is 6.08 Å². The van der Waals surface area contributed by atoms with E-state index in [1.807, 2.05) is 6.08 Å². The van der Waals surface area contributed by atoms with Crippen molar-refractivity contribution in [3.8, 4) is 0 Å². The number of aryl methyl sites for hydroxylation is 1. The molecule has 1 aromatic carbocycles. The smallest absolute Gasteiger partial charge is 0.265 e. The minimum absolute atomic E-state index is 0.00478. The summed E-state index contributed by atoms with van der Waals surface area (Å²) in [7, 11) is 3.85. The van der Waals surface area contributed by atoms with Crippen LogP contribution in [-0.4, -0.2) is 35.8 Å². The van der Waals surface area contributed by atoms with Gasteiger partial charge in [0.15, 0.2) is 0 Å². The molecular weight excluding hydrogens is 288 g/mol. The lowest BCUT2D eigenvalue weighted by Gasteiger charge is -2.27. The number of thioether (sulfide) groups is 1. The number of nitrogens with zero attached hydrogens (tertiary/aromatic N) is 2. The highest BCUT2D eigenvalue weighted by atomic mass is 32.2. The maximum atomic E-state index is 12.0. The second kappa shape index (κ2) is 5.22. The Bertz CT molecular complexity index is 624. The van der Waals surface area contributed by atoms with Crippen molar-refractivity contribution in [2.24, 2.45) is 0 Å². The number of thiocarbonyl (C=S) groups is 1. The third-order valence-electron chi connectivity index (χ3n) is 3.74. The van der Waals surface area contributed by atoms with Gasteiger partial charge in [-0.25, -0.2) is 0 Å². The number of rotatable bonds is 1. The van der Waals surface area contributed by atoms with Gasteiger partial charge in [0.05, 0.1) is 4.91 Å². The third-order valence-corrected chi connectivity index (χ3v) is 5.22. The molecule has 1 saturated heterocycles. The van der Waals surface area contributed by atoms with Crippen molar-refractivity contribution < 1.29 is 4.79 Å². The first-order chi connectivity index (χ1) is 9.56. The molecule has 0 aliphatic carbocycles. The summed E-state index contributed by atoms with van der Waals surface area (Å²) in [4.78, 5) is 16.5. The Kier molecular flexibility index (Phi) is 3.56. The van der Waals surface area contributed by atoms with Crippen molar-refractivity contribution in [3.63, 3.8) is 0 Å². The zero-order valence-electron chi connectivity index (χ0n) is 11.5. The van der Waals surface area contributed by atoms with E-state index in [9.17, 15) is 4.79 Å². The second-order valence-electron chi connectivity index (χ2n) is 5.15. The van der Waals surface area contributed by atoms with Gasteiger partial charge >= 0.3 is 0 Å². The summed E-state index contributed by atoms with van der Waals surface area (Å²) >= 11 is 6.52. The van der Waals surface area contributed by atoms with Crippen molar-refractivity contribution in [2.75, 3.05) is 25.5 Å². The van der Waals surface area contributed by atoms with E-state index < -0.39 is 0 Å². The zero-order valence-corrected chi connectivity index (χ0v) is 13.2. The topological polar surface area (TPSA) is 23.6 Å². The molecule has 0 bridgehead atoms. The predicted octanol–water partition coefficient (Wildman–Crippen LogP) is 2.90. The van der Waals surface area contributed by atoms with Crippen molar-refractivity contribution in [1.29, 1.82) is 0 Å².